The second kappa shape index (κ2) is 10.0. The lowest BCUT2D eigenvalue weighted by Crippen LogP contribution is -2.49. The molecule has 0 spiro atoms. The SMILES string of the molecule is O=C1CN(S(=O)(=O)c2cccc(C(=O)NCCNC(=O)C3CCCCC3)c2)CCN1. The van der Waals surface area contributed by atoms with Crippen LogP contribution in [-0.2, 0) is 19.6 Å². The number of carbonyl (C=O) groups excluding carboxylic acids is 3. The van der Waals surface area contributed by atoms with Gasteiger partial charge >= 0.3 is 0 Å². The summed E-state index contributed by atoms with van der Waals surface area (Å²) in [6.07, 6.45) is 5.17. The van der Waals surface area contributed by atoms with Crippen molar-refractivity contribution in [2.24, 2.45) is 5.92 Å². The molecule has 1 aliphatic carbocycles. The number of nitrogens with one attached hydrogen (secondary N) is 3. The Balaban J connectivity index is 1.53. The zero-order chi connectivity index (χ0) is 21.6. The van der Waals surface area contributed by atoms with Crippen molar-refractivity contribution in [2.45, 2.75) is 37.0 Å². The molecule has 30 heavy (non-hydrogen) atoms. The first-order valence-electron chi connectivity index (χ1n) is 10.3. The van der Waals surface area contributed by atoms with Crippen LogP contribution in [0.15, 0.2) is 29.2 Å². The van der Waals surface area contributed by atoms with Gasteiger partial charge in [0.1, 0.15) is 0 Å². The molecule has 1 aromatic rings. The summed E-state index contributed by atoms with van der Waals surface area (Å²) in [4.78, 5) is 36.0. The van der Waals surface area contributed by atoms with Crippen LogP contribution in [0, 0.1) is 5.92 Å². The van der Waals surface area contributed by atoms with Crippen LogP contribution in [0.3, 0.4) is 0 Å². The monoisotopic (exact) mass is 436 g/mol. The van der Waals surface area contributed by atoms with Gasteiger partial charge in [-0.25, -0.2) is 8.42 Å². The standard InChI is InChI=1S/C20H28N4O5S/c25-18-14-24(12-11-21-18)30(28,29)17-8-4-7-16(13-17)20(27)23-10-9-22-19(26)15-5-2-1-3-6-15/h4,7-8,13,15H,1-3,5-6,9-12,14H2,(H,21,25)(H,22,26)(H,23,27). The van der Waals surface area contributed by atoms with E-state index in [4.69, 9.17) is 0 Å². The predicted octanol–water partition coefficient (Wildman–Crippen LogP) is 0.233. The highest BCUT2D eigenvalue weighted by Crippen LogP contribution is 2.23. The van der Waals surface area contributed by atoms with E-state index in [-0.39, 0.29) is 54.4 Å². The van der Waals surface area contributed by atoms with Crippen LogP contribution < -0.4 is 16.0 Å². The van der Waals surface area contributed by atoms with E-state index in [0.29, 0.717) is 6.54 Å². The number of hydrogen-bond donors (Lipinski definition) is 3. The third kappa shape index (κ3) is 5.57. The van der Waals surface area contributed by atoms with Gasteiger partial charge in [0.05, 0.1) is 11.4 Å². The zero-order valence-corrected chi connectivity index (χ0v) is 17.7. The summed E-state index contributed by atoms with van der Waals surface area (Å²) < 4.78 is 26.6. The number of piperazine rings is 1. The minimum atomic E-state index is -3.86. The summed E-state index contributed by atoms with van der Waals surface area (Å²) in [5, 5.41) is 8.13. The highest BCUT2D eigenvalue weighted by atomic mass is 32.2. The molecule has 10 heteroatoms. The Morgan fingerprint density at radius 3 is 2.57 bits per heavy atom. The molecular formula is C20H28N4O5S. The van der Waals surface area contributed by atoms with Crippen LogP contribution in [0.2, 0.25) is 0 Å². The number of nitrogens with zero attached hydrogens (tertiary/aromatic N) is 1. The lowest BCUT2D eigenvalue weighted by atomic mass is 9.89. The molecule has 9 nitrogen and oxygen atoms in total. The van der Waals surface area contributed by atoms with Crippen molar-refractivity contribution < 1.29 is 22.8 Å². The molecule has 0 atom stereocenters. The number of hydrogen-bond acceptors (Lipinski definition) is 5. The molecule has 0 radical (unpaired) electrons. The van der Waals surface area contributed by atoms with Gasteiger partial charge < -0.3 is 16.0 Å². The quantitative estimate of drug-likeness (QED) is 0.528. The Bertz CT molecular complexity index is 896. The first-order valence-corrected chi connectivity index (χ1v) is 11.7. The van der Waals surface area contributed by atoms with Gasteiger partial charge in [0.25, 0.3) is 5.91 Å². The molecule has 0 bridgehead atoms. The maximum Gasteiger partial charge on any atom is 0.251 e. The van der Waals surface area contributed by atoms with Crippen LogP contribution in [0.1, 0.15) is 42.5 Å². The van der Waals surface area contributed by atoms with Gasteiger partial charge in [-0.1, -0.05) is 25.3 Å². The van der Waals surface area contributed by atoms with E-state index in [1.165, 1.54) is 30.7 Å². The Morgan fingerprint density at radius 2 is 1.83 bits per heavy atom. The van der Waals surface area contributed by atoms with Gasteiger partial charge in [0.15, 0.2) is 0 Å². The van der Waals surface area contributed by atoms with E-state index < -0.39 is 15.9 Å². The highest BCUT2D eigenvalue weighted by molar-refractivity contribution is 7.89. The summed E-state index contributed by atoms with van der Waals surface area (Å²) in [7, 11) is -3.86. The second-order valence-electron chi connectivity index (χ2n) is 7.60. The van der Waals surface area contributed by atoms with Crippen molar-refractivity contribution in [1.29, 1.82) is 0 Å². The molecule has 164 valence electrons. The summed E-state index contributed by atoms with van der Waals surface area (Å²) >= 11 is 0. The van der Waals surface area contributed by atoms with E-state index in [2.05, 4.69) is 16.0 Å². The molecule has 3 rings (SSSR count). The summed E-state index contributed by atoms with van der Waals surface area (Å²) in [6, 6.07) is 5.73. The Labute approximate surface area is 176 Å². The third-order valence-electron chi connectivity index (χ3n) is 5.42. The van der Waals surface area contributed by atoms with Crippen LogP contribution in [0.25, 0.3) is 0 Å². The van der Waals surface area contributed by atoms with Crippen molar-refractivity contribution in [2.75, 3.05) is 32.7 Å². The minimum Gasteiger partial charge on any atom is -0.354 e. The molecular weight excluding hydrogens is 408 g/mol. The number of benzene rings is 1. The van der Waals surface area contributed by atoms with E-state index in [1.54, 1.807) is 0 Å². The second-order valence-corrected chi connectivity index (χ2v) is 9.54. The fraction of sp³-hybridized carbons (Fsp3) is 0.550. The molecule has 2 fully saturated rings. The van der Waals surface area contributed by atoms with Gasteiger partial charge in [0.2, 0.25) is 21.8 Å². The first kappa shape index (κ1) is 22.2. The topological polar surface area (TPSA) is 125 Å². The van der Waals surface area contributed by atoms with E-state index in [1.807, 2.05) is 0 Å². The average molecular weight is 437 g/mol. The molecule has 0 aromatic heterocycles. The molecule has 1 saturated heterocycles. The molecule has 3 N–H and O–H groups in total. The number of sulfonamides is 1. The third-order valence-corrected chi connectivity index (χ3v) is 7.26. The molecule has 2 aliphatic rings. The van der Waals surface area contributed by atoms with Crippen molar-refractivity contribution in [3.8, 4) is 0 Å². The van der Waals surface area contributed by atoms with Gasteiger partial charge in [-0.15, -0.1) is 0 Å². The van der Waals surface area contributed by atoms with Gasteiger partial charge in [-0.05, 0) is 31.0 Å². The van der Waals surface area contributed by atoms with Crippen LogP contribution >= 0.6 is 0 Å². The Morgan fingerprint density at radius 1 is 1.10 bits per heavy atom. The van der Waals surface area contributed by atoms with Crippen molar-refractivity contribution in [3.05, 3.63) is 29.8 Å². The van der Waals surface area contributed by atoms with Gasteiger partial charge in [-0.2, -0.15) is 4.31 Å². The zero-order valence-electron chi connectivity index (χ0n) is 16.9. The molecule has 1 aromatic carbocycles. The van der Waals surface area contributed by atoms with Gasteiger partial charge in [0, 0.05) is 37.7 Å². The fourth-order valence-electron chi connectivity index (χ4n) is 3.74. The highest BCUT2D eigenvalue weighted by Gasteiger charge is 2.29. The summed E-state index contributed by atoms with van der Waals surface area (Å²) in [5.41, 5.74) is 0.205. The predicted molar refractivity (Wildman–Crippen MR) is 110 cm³/mol. The number of amides is 3. The lowest BCUT2D eigenvalue weighted by molar-refractivity contribution is -0.126. The van der Waals surface area contributed by atoms with E-state index in [9.17, 15) is 22.8 Å². The van der Waals surface area contributed by atoms with E-state index in [0.717, 1.165) is 30.0 Å². The molecule has 3 amide bonds. The lowest BCUT2D eigenvalue weighted by Gasteiger charge is -2.26. The van der Waals surface area contributed by atoms with Crippen LogP contribution in [-0.4, -0.2) is 63.2 Å². The molecule has 1 aliphatic heterocycles. The maximum absolute atomic E-state index is 12.8. The smallest absolute Gasteiger partial charge is 0.251 e. The molecule has 1 saturated carbocycles. The largest absolute Gasteiger partial charge is 0.354 e. The summed E-state index contributed by atoms with van der Waals surface area (Å²) in [6.45, 7) is 0.776. The maximum atomic E-state index is 12.8. The fourth-order valence-corrected chi connectivity index (χ4v) is 5.18. The van der Waals surface area contributed by atoms with Gasteiger partial charge in [-0.3, -0.25) is 14.4 Å². The summed E-state index contributed by atoms with van der Waals surface area (Å²) in [5.74, 6) is -0.680. The van der Waals surface area contributed by atoms with Crippen molar-refractivity contribution in [3.63, 3.8) is 0 Å². The Hall–Kier alpha value is -2.46. The van der Waals surface area contributed by atoms with Crippen molar-refractivity contribution in [1.82, 2.24) is 20.3 Å². The minimum absolute atomic E-state index is 0.0302. The van der Waals surface area contributed by atoms with Crippen molar-refractivity contribution >= 4 is 27.7 Å². The first-order chi connectivity index (χ1) is 14.4. The molecule has 0 unspecified atom stereocenters. The number of rotatable bonds is 7. The normalized spacial score (nSPS) is 18.5. The number of carbonyl (C=O) groups is 3. The molecule has 1 heterocycles. The van der Waals surface area contributed by atoms with Crippen LogP contribution in [0.4, 0.5) is 0 Å². The average Bonchev–Trinajstić information content (AvgIpc) is 2.77. The van der Waals surface area contributed by atoms with E-state index >= 15 is 0 Å². The van der Waals surface area contributed by atoms with Crippen LogP contribution in [0.5, 0.6) is 0 Å². The Kier molecular flexibility index (Phi) is 7.43.